The van der Waals surface area contributed by atoms with Crippen LogP contribution in [0.5, 0.6) is 0 Å². The second-order valence-corrected chi connectivity index (χ2v) is 6.39. The highest BCUT2D eigenvalue weighted by molar-refractivity contribution is 5.58. The first-order valence-electron chi connectivity index (χ1n) is 7.83. The van der Waals surface area contributed by atoms with E-state index < -0.39 is 0 Å². The lowest BCUT2D eigenvalue weighted by molar-refractivity contribution is 0.131. The predicted octanol–water partition coefficient (Wildman–Crippen LogP) is 4.28. The van der Waals surface area contributed by atoms with Gasteiger partial charge in [-0.15, -0.1) is 0 Å². The zero-order valence-corrected chi connectivity index (χ0v) is 13.0. The molecule has 3 unspecified atom stereocenters. The molecule has 0 amide bonds. The van der Waals surface area contributed by atoms with E-state index >= 15 is 0 Å². The predicted molar refractivity (Wildman–Crippen MR) is 87.4 cm³/mol. The van der Waals surface area contributed by atoms with Crippen LogP contribution in [0.2, 0.25) is 0 Å². The Bertz CT molecular complexity index is 679. The van der Waals surface area contributed by atoms with Crippen LogP contribution in [-0.2, 0) is 0 Å². The monoisotopic (exact) mass is 278 g/mol. The molecule has 0 radical (unpaired) electrons. The lowest BCUT2D eigenvalue weighted by Gasteiger charge is -2.47. The summed E-state index contributed by atoms with van der Waals surface area (Å²) in [5.41, 5.74) is 5.77. The number of benzene rings is 2. The maximum Gasteiger partial charge on any atom is 0.0801 e. The Hall–Kier alpha value is -1.80. The molecule has 0 spiro atoms. The summed E-state index contributed by atoms with van der Waals surface area (Å²) in [6.45, 7) is 4.55. The van der Waals surface area contributed by atoms with Gasteiger partial charge in [0.25, 0.3) is 0 Å². The normalized spacial score (nSPS) is 27.8. The van der Waals surface area contributed by atoms with E-state index in [1.165, 1.54) is 28.8 Å². The van der Waals surface area contributed by atoms with Gasteiger partial charge in [0.15, 0.2) is 0 Å². The topological polar surface area (TPSA) is 6.48 Å². The summed E-state index contributed by atoms with van der Waals surface area (Å²) in [5, 5.41) is 0. The zero-order chi connectivity index (χ0) is 14.6. The first-order valence-corrected chi connectivity index (χ1v) is 7.83. The van der Waals surface area contributed by atoms with E-state index in [1.807, 2.05) is 0 Å². The van der Waals surface area contributed by atoms with Gasteiger partial charge in [-0.05, 0) is 50.1 Å². The maximum absolute atomic E-state index is 2.61. The Labute approximate surface area is 127 Å². The Morgan fingerprint density at radius 2 is 1.52 bits per heavy atom. The lowest BCUT2D eigenvalue weighted by atomic mass is 10.0. The van der Waals surface area contributed by atoms with E-state index in [0.29, 0.717) is 18.2 Å². The molecule has 0 N–H and O–H groups in total. The highest BCUT2D eigenvalue weighted by Gasteiger charge is 2.45. The van der Waals surface area contributed by atoms with Crippen molar-refractivity contribution < 1.29 is 0 Å². The van der Waals surface area contributed by atoms with Gasteiger partial charge in [-0.1, -0.05) is 42.5 Å². The van der Waals surface area contributed by atoms with E-state index in [9.17, 15) is 0 Å². The summed E-state index contributed by atoms with van der Waals surface area (Å²) in [5.74, 6) is 0. The summed E-state index contributed by atoms with van der Waals surface area (Å²) < 4.78 is 0. The Morgan fingerprint density at radius 1 is 0.905 bits per heavy atom. The smallest absolute Gasteiger partial charge is 0.0801 e. The Morgan fingerprint density at radius 3 is 2.24 bits per heavy atom. The average Bonchev–Trinajstić information content (AvgIpc) is 2.84. The summed E-state index contributed by atoms with van der Waals surface area (Å²) in [6, 6.07) is 18.8. The first-order chi connectivity index (χ1) is 10.2. The van der Waals surface area contributed by atoms with Crippen LogP contribution < -0.4 is 4.90 Å². The number of rotatable bonds is 1. The largest absolute Gasteiger partial charge is 0.349 e. The summed E-state index contributed by atoms with van der Waals surface area (Å²) in [7, 11) is 2.26. The van der Waals surface area contributed by atoms with Gasteiger partial charge in [0.05, 0.1) is 12.2 Å². The van der Waals surface area contributed by atoms with Crippen LogP contribution in [0.4, 0.5) is 5.69 Å². The minimum absolute atomic E-state index is 0.419. The molecule has 2 aliphatic rings. The fraction of sp³-hybridized carbons (Fsp3) is 0.368. The van der Waals surface area contributed by atoms with Crippen molar-refractivity contribution in [2.24, 2.45) is 0 Å². The van der Waals surface area contributed by atoms with Gasteiger partial charge in [0.2, 0.25) is 0 Å². The number of aryl methyl sites for hydroxylation is 1. The van der Waals surface area contributed by atoms with Gasteiger partial charge < -0.3 is 4.90 Å². The maximum atomic E-state index is 2.61. The number of fused-ring (bicyclic) bond motifs is 5. The minimum atomic E-state index is 0.419. The molecule has 1 aliphatic heterocycles. The average molecular weight is 278 g/mol. The van der Waals surface area contributed by atoms with Crippen molar-refractivity contribution in [1.82, 2.24) is 4.90 Å². The van der Waals surface area contributed by atoms with Gasteiger partial charge in [-0.3, -0.25) is 4.90 Å². The van der Waals surface area contributed by atoms with Gasteiger partial charge in [0, 0.05) is 11.7 Å². The van der Waals surface area contributed by atoms with Crippen molar-refractivity contribution in [1.29, 1.82) is 0 Å². The molecule has 4 rings (SSSR count). The van der Waals surface area contributed by atoms with Gasteiger partial charge in [0.1, 0.15) is 0 Å². The molecule has 108 valence electrons. The fourth-order valence-corrected chi connectivity index (χ4v) is 4.17. The number of hydrogen-bond donors (Lipinski definition) is 0. The summed E-state index contributed by atoms with van der Waals surface area (Å²) >= 11 is 0. The Kier molecular flexibility index (Phi) is 2.83. The van der Waals surface area contributed by atoms with Crippen LogP contribution in [0.1, 0.15) is 42.1 Å². The lowest BCUT2D eigenvalue weighted by Crippen LogP contribution is -2.50. The third-order valence-corrected chi connectivity index (χ3v) is 5.37. The van der Waals surface area contributed by atoms with Crippen LogP contribution in [0, 0.1) is 6.92 Å². The van der Waals surface area contributed by atoms with Crippen molar-refractivity contribution >= 4 is 5.69 Å². The molecule has 2 aromatic rings. The standard InChI is InChI=1S/C19H22N2/c1-13-8-4-7-11-17(13)21-14(2)20(3)18-12-19(21)16-10-6-5-9-15(16)18/h4-11,14,18-19H,12H2,1-3H3. The van der Waals surface area contributed by atoms with E-state index in [1.54, 1.807) is 0 Å². The number of nitrogens with zero attached hydrogens (tertiary/aromatic N) is 2. The van der Waals surface area contributed by atoms with Gasteiger partial charge in [-0.25, -0.2) is 0 Å². The Balaban J connectivity index is 1.87. The van der Waals surface area contributed by atoms with Crippen LogP contribution in [0.3, 0.4) is 0 Å². The van der Waals surface area contributed by atoms with Crippen molar-refractivity contribution in [3.05, 3.63) is 65.2 Å². The second kappa shape index (κ2) is 4.60. The van der Waals surface area contributed by atoms with E-state index in [2.05, 4.69) is 79.2 Å². The van der Waals surface area contributed by atoms with E-state index in [0.717, 1.165) is 0 Å². The highest BCUT2D eigenvalue weighted by atomic mass is 15.4. The summed E-state index contributed by atoms with van der Waals surface area (Å²) in [6.07, 6.45) is 1.62. The number of anilines is 1. The van der Waals surface area contributed by atoms with Gasteiger partial charge in [-0.2, -0.15) is 0 Å². The SMILES string of the molecule is Cc1ccccc1N1C2CC(c3ccccc32)N(C)C1C. The van der Waals surface area contributed by atoms with Gasteiger partial charge >= 0.3 is 0 Å². The number of hydrogen-bond acceptors (Lipinski definition) is 2. The molecule has 0 saturated carbocycles. The van der Waals surface area contributed by atoms with Crippen LogP contribution >= 0.6 is 0 Å². The molecule has 2 bridgehead atoms. The zero-order valence-electron chi connectivity index (χ0n) is 13.0. The molecule has 1 aliphatic carbocycles. The van der Waals surface area contributed by atoms with E-state index in [-0.39, 0.29) is 0 Å². The van der Waals surface area contributed by atoms with Crippen molar-refractivity contribution in [2.75, 3.05) is 11.9 Å². The van der Waals surface area contributed by atoms with Crippen molar-refractivity contribution in [3.63, 3.8) is 0 Å². The second-order valence-electron chi connectivity index (χ2n) is 6.39. The third kappa shape index (κ3) is 1.75. The highest BCUT2D eigenvalue weighted by Crippen LogP contribution is 2.51. The van der Waals surface area contributed by atoms with E-state index in [4.69, 9.17) is 0 Å². The molecule has 1 heterocycles. The molecule has 2 nitrogen and oxygen atoms in total. The third-order valence-electron chi connectivity index (χ3n) is 5.37. The summed E-state index contributed by atoms with van der Waals surface area (Å²) in [4.78, 5) is 5.13. The van der Waals surface area contributed by atoms with Crippen LogP contribution in [-0.4, -0.2) is 18.1 Å². The molecule has 2 heteroatoms. The minimum Gasteiger partial charge on any atom is -0.349 e. The molecule has 0 aromatic heterocycles. The van der Waals surface area contributed by atoms with Crippen LogP contribution in [0.15, 0.2) is 48.5 Å². The molecule has 1 saturated heterocycles. The number of para-hydroxylation sites is 1. The molecular weight excluding hydrogens is 256 g/mol. The van der Waals surface area contributed by atoms with Crippen LogP contribution in [0.25, 0.3) is 0 Å². The molecular formula is C19H22N2. The van der Waals surface area contributed by atoms with Crippen molar-refractivity contribution in [2.45, 2.75) is 38.5 Å². The fourth-order valence-electron chi connectivity index (χ4n) is 4.17. The molecule has 1 fully saturated rings. The molecule has 21 heavy (non-hydrogen) atoms. The van der Waals surface area contributed by atoms with Crippen molar-refractivity contribution in [3.8, 4) is 0 Å². The molecule has 2 aromatic carbocycles. The quantitative estimate of drug-likeness (QED) is 0.768. The molecule has 3 atom stereocenters. The first kappa shape index (κ1) is 12.9.